The van der Waals surface area contributed by atoms with E-state index in [4.69, 9.17) is 0 Å². The Morgan fingerprint density at radius 3 is 2.15 bits per heavy atom. The summed E-state index contributed by atoms with van der Waals surface area (Å²) in [5.74, 6) is -2.23. The van der Waals surface area contributed by atoms with Crippen LogP contribution in [0.25, 0.3) is 0 Å². The van der Waals surface area contributed by atoms with E-state index in [1.807, 2.05) is 5.32 Å². The summed E-state index contributed by atoms with van der Waals surface area (Å²) >= 11 is 0. The van der Waals surface area contributed by atoms with Gasteiger partial charge in [-0.05, 0) is 18.2 Å². The molecule has 0 radical (unpaired) electrons. The molecule has 0 aliphatic rings. The molecular formula is C14H11F3N2O. The minimum atomic E-state index is -0.883. The Morgan fingerprint density at radius 2 is 1.50 bits per heavy atom. The van der Waals surface area contributed by atoms with Crippen molar-refractivity contribution in [1.29, 1.82) is 0 Å². The van der Waals surface area contributed by atoms with Gasteiger partial charge in [0.05, 0.1) is 0 Å². The van der Waals surface area contributed by atoms with Crippen LogP contribution in [0, 0.1) is 17.5 Å². The van der Waals surface area contributed by atoms with Crippen molar-refractivity contribution in [3.63, 3.8) is 0 Å². The Labute approximate surface area is 113 Å². The van der Waals surface area contributed by atoms with Crippen LogP contribution < -0.4 is 10.6 Å². The molecule has 2 N–H and O–H groups in total. The fourth-order valence-corrected chi connectivity index (χ4v) is 1.59. The van der Waals surface area contributed by atoms with Crippen LogP contribution in [-0.2, 0) is 6.54 Å². The summed E-state index contributed by atoms with van der Waals surface area (Å²) in [4.78, 5) is 11.5. The normalized spacial score (nSPS) is 10.2. The lowest BCUT2D eigenvalue weighted by Crippen LogP contribution is -2.29. The lowest BCUT2D eigenvalue weighted by molar-refractivity contribution is 0.251. The number of amides is 2. The van der Waals surface area contributed by atoms with Crippen LogP contribution in [0.5, 0.6) is 0 Å². The molecule has 0 aromatic heterocycles. The molecule has 2 rings (SSSR count). The summed E-state index contributed by atoms with van der Waals surface area (Å²) in [6.07, 6.45) is 0. The molecule has 0 bridgehead atoms. The van der Waals surface area contributed by atoms with Crippen molar-refractivity contribution in [2.24, 2.45) is 0 Å². The highest BCUT2D eigenvalue weighted by Crippen LogP contribution is 2.17. The van der Waals surface area contributed by atoms with Gasteiger partial charge in [-0.1, -0.05) is 24.3 Å². The molecular weight excluding hydrogens is 269 g/mol. The molecule has 6 heteroatoms. The average molecular weight is 280 g/mol. The van der Waals surface area contributed by atoms with Gasteiger partial charge in [0, 0.05) is 12.1 Å². The zero-order chi connectivity index (χ0) is 14.5. The van der Waals surface area contributed by atoms with Crippen LogP contribution in [0.4, 0.5) is 23.7 Å². The molecule has 0 heterocycles. The largest absolute Gasteiger partial charge is 0.334 e. The molecule has 0 spiro atoms. The van der Waals surface area contributed by atoms with Gasteiger partial charge < -0.3 is 10.6 Å². The number of rotatable bonds is 3. The van der Waals surface area contributed by atoms with Crippen molar-refractivity contribution in [3.05, 3.63) is 65.5 Å². The van der Waals surface area contributed by atoms with Gasteiger partial charge in [-0.25, -0.2) is 18.0 Å². The Hall–Kier alpha value is -2.50. The quantitative estimate of drug-likeness (QED) is 0.888. The Balaban J connectivity index is 1.98. The van der Waals surface area contributed by atoms with Gasteiger partial charge in [-0.15, -0.1) is 0 Å². The predicted octanol–water partition coefficient (Wildman–Crippen LogP) is 3.43. The number of hydrogen-bond donors (Lipinski definition) is 2. The second-order valence-electron chi connectivity index (χ2n) is 4.00. The van der Waals surface area contributed by atoms with Crippen molar-refractivity contribution in [3.8, 4) is 0 Å². The zero-order valence-corrected chi connectivity index (χ0v) is 10.3. The van der Waals surface area contributed by atoms with E-state index in [0.717, 1.165) is 12.1 Å². The Bertz CT molecular complexity index is 611. The minimum absolute atomic E-state index is 0.0887. The maximum Gasteiger partial charge on any atom is 0.319 e. The third-order valence-electron chi connectivity index (χ3n) is 2.60. The van der Waals surface area contributed by atoms with E-state index < -0.39 is 29.2 Å². The second-order valence-corrected chi connectivity index (χ2v) is 4.00. The molecule has 20 heavy (non-hydrogen) atoms. The molecule has 0 aliphatic heterocycles. The average Bonchev–Trinajstić information content (AvgIpc) is 2.42. The van der Waals surface area contributed by atoms with Crippen LogP contribution >= 0.6 is 0 Å². The van der Waals surface area contributed by atoms with Crippen LogP contribution in [0.3, 0.4) is 0 Å². The fraction of sp³-hybridized carbons (Fsp3) is 0.0714. The first kappa shape index (κ1) is 13.9. The van der Waals surface area contributed by atoms with Crippen LogP contribution in [-0.4, -0.2) is 6.03 Å². The summed E-state index contributed by atoms with van der Waals surface area (Å²) in [5, 5.41) is 4.37. The first-order chi connectivity index (χ1) is 9.58. The lowest BCUT2D eigenvalue weighted by Gasteiger charge is -2.09. The Kier molecular flexibility index (Phi) is 4.24. The highest BCUT2D eigenvalue weighted by molar-refractivity contribution is 5.89. The van der Waals surface area contributed by atoms with Crippen LogP contribution in [0.1, 0.15) is 5.56 Å². The monoisotopic (exact) mass is 280 g/mol. The molecule has 2 amide bonds. The zero-order valence-electron chi connectivity index (χ0n) is 10.3. The number of halogens is 3. The molecule has 2 aromatic carbocycles. The van der Waals surface area contributed by atoms with Crippen molar-refractivity contribution < 1.29 is 18.0 Å². The number of carbonyl (C=O) groups is 1. The number of anilines is 1. The number of para-hydroxylation sites is 1. The van der Waals surface area contributed by atoms with E-state index in [-0.39, 0.29) is 12.1 Å². The van der Waals surface area contributed by atoms with Crippen LogP contribution in [0.2, 0.25) is 0 Å². The summed E-state index contributed by atoms with van der Waals surface area (Å²) in [7, 11) is 0. The molecule has 0 atom stereocenters. The van der Waals surface area contributed by atoms with Gasteiger partial charge in [0.1, 0.15) is 23.1 Å². The summed E-state index contributed by atoms with van der Waals surface area (Å²) in [5.41, 5.74) is -0.268. The van der Waals surface area contributed by atoms with Gasteiger partial charge in [-0.2, -0.15) is 0 Å². The molecule has 0 saturated heterocycles. The fourth-order valence-electron chi connectivity index (χ4n) is 1.59. The van der Waals surface area contributed by atoms with Crippen molar-refractivity contribution in [1.82, 2.24) is 5.32 Å². The third-order valence-corrected chi connectivity index (χ3v) is 2.60. The van der Waals surface area contributed by atoms with E-state index in [1.165, 1.54) is 24.3 Å². The summed E-state index contributed by atoms with van der Waals surface area (Å²) in [6, 6.07) is 8.31. The molecule has 0 aliphatic carbocycles. The predicted molar refractivity (Wildman–Crippen MR) is 68.6 cm³/mol. The molecule has 0 unspecified atom stereocenters. The van der Waals surface area contributed by atoms with Crippen molar-refractivity contribution in [2.45, 2.75) is 6.54 Å². The standard InChI is InChI=1S/C14H11F3N2O/c15-10-5-2-1-4-9(10)8-18-14(20)19-13-11(16)6-3-7-12(13)17/h1-7H,8H2,(H2,18,19,20). The first-order valence-corrected chi connectivity index (χ1v) is 5.80. The molecule has 2 aromatic rings. The molecule has 0 saturated carbocycles. The maximum absolute atomic E-state index is 13.3. The van der Waals surface area contributed by atoms with Gasteiger partial charge >= 0.3 is 6.03 Å². The highest BCUT2D eigenvalue weighted by atomic mass is 19.1. The minimum Gasteiger partial charge on any atom is -0.334 e. The smallest absolute Gasteiger partial charge is 0.319 e. The molecule has 3 nitrogen and oxygen atoms in total. The van der Waals surface area contributed by atoms with E-state index in [1.54, 1.807) is 6.07 Å². The van der Waals surface area contributed by atoms with Crippen molar-refractivity contribution >= 4 is 11.7 Å². The van der Waals surface area contributed by atoms with E-state index in [0.29, 0.717) is 0 Å². The van der Waals surface area contributed by atoms with E-state index in [2.05, 4.69) is 5.32 Å². The number of benzene rings is 2. The van der Waals surface area contributed by atoms with E-state index in [9.17, 15) is 18.0 Å². The lowest BCUT2D eigenvalue weighted by atomic mass is 10.2. The third kappa shape index (κ3) is 3.28. The Morgan fingerprint density at radius 1 is 0.900 bits per heavy atom. The summed E-state index contributed by atoms with van der Waals surface area (Å²) < 4.78 is 39.9. The number of nitrogens with one attached hydrogen (secondary N) is 2. The molecule has 104 valence electrons. The second kappa shape index (κ2) is 6.10. The number of hydrogen-bond acceptors (Lipinski definition) is 1. The molecule has 0 fully saturated rings. The van der Waals surface area contributed by atoms with Gasteiger partial charge in [-0.3, -0.25) is 0 Å². The van der Waals surface area contributed by atoms with Crippen molar-refractivity contribution in [2.75, 3.05) is 5.32 Å². The maximum atomic E-state index is 13.3. The first-order valence-electron chi connectivity index (χ1n) is 5.80. The number of carbonyl (C=O) groups excluding carboxylic acids is 1. The van der Waals surface area contributed by atoms with Gasteiger partial charge in [0.15, 0.2) is 0 Å². The number of urea groups is 1. The topological polar surface area (TPSA) is 41.1 Å². The summed E-state index contributed by atoms with van der Waals surface area (Å²) in [6.45, 7) is -0.0887. The van der Waals surface area contributed by atoms with Crippen LogP contribution in [0.15, 0.2) is 42.5 Å². The van der Waals surface area contributed by atoms with Gasteiger partial charge in [0.25, 0.3) is 0 Å². The highest BCUT2D eigenvalue weighted by Gasteiger charge is 2.11. The van der Waals surface area contributed by atoms with E-state index >= 15 is 0 Å². The SMILES string of the molecule is O=C(NCc1ccccc1F)Nc1c(F)cccc1F. The van der Waals surface area contributed by atoms with Gasteiger partial charge in [0.2, 0.25) is 0 Å².